The number of carboxylic acids is 1. The largest absolute Gasteiger partial charge is 0.480 e. The maximum atomic E-state index is 12.2. The van der Waals surface area contributed by atoms with Crippen molar-refractivity contribution in [1.82, 2.24) is 4.90 Å². The van der Waals surface area contributed by atoms with Gasteiger partial charge in [-0.1, -0.05) is 6.42 Å². The number of morpholine rings is 1. The highest BCUT2D eigenvalue weighted by Crippen LogP contribution is 2.43. The Morgan fingerprint density at radius 1 is 1.44 bits per heavy atom. The lowest BCUT2D eigenvalue weighted by molar-refractivity contribution is -0.170. The Morgan fingerprint density at radius 2 is 2.12 bits per heavy atom. The Balaban J connectivity index is 2.08. The molecule has 1 aliphatic heterocycles. The molecule has 2 fully saturated rings. The molecular formula is C11H17NO4. The Hall–Kier alpha value is -1.10. The average molecular weight is 227 g/mol. The molecule has 0 aromatic carbocycles. The number of ether oxygens (including phenoxy) is 1. The summed E-state index contributed by atoms with van der Waals surface area (Å²) in [6.45, 7) is 3.42. The van der Waals surface area contributed by atoms with E-state index in [1.54, 1.807) is 4.90 Å². The van der Waals surface area contributed by atoms with Crippen LogP contribution in [0.25, 0.3) is 0 Å². The van der Waals surface area contributed by atoms with Crippen LogP contribution in [0.2, 0.25) is 0 Å². The Kier molecular flexibility index (Phi) is 2.88. The average Bonchev–Trinajstić information content (AvgIpc) is 2.15. The molecule has 1 saturated carbocycles. The van der Waals surface area contributed by atoms with Gasteiger partial charge in [-0.3, -0.25) is 9.59 Å². The second-order valence-corrected chi connectivity index (χ2v) is 4.67. The zero-order valence-electron chi connectivity index (χ0n) is 9.44. The number of hydrogen-bond acceptors (Lipinski definition) is 3. The van der Waals surface area contributed by atoms with Gasteiger partial charge in [-0.25, -0.2) is 0 Å². The van der Waals surface area contributed by atoms with E-state index in [9.17, 15) is 14.7 Å². The van der Waals surface area contributed by atoms with E-state index >= 15 is 0 Å². The molecule has 2 rings (SSSR count). The molecule has 0 spiro atoms. The topological polar surface area (TPSA) is 66.8 Å². The van der Waals surface area contributed by atoms with Crippen molar-refractivity contribution in [2.45, 2.75) is 32.3 Å². The molecule has 1 atom stereocenters. The van der Waals surface area contributed by atoms with Crippen molar-refractivity contribution in [2.24, 2.45) is 5.41 Å². The number of carboxylic acid groups (broad SMARTS) is 1. The lowest BCUT2D eigenvalue weighted by atomic mass is 9.67. The first kappa shape index (κ1) is 11.4. The normalized spacial score (nSPS) is 28.3. The molecule has 90 valence electrons. The fourth-order valence-electron chi connectivity index (χ4n) is 2.36. The van der Waals surface area contributed by atoms with Crippen molar-refractivity contribution in [1.29, 1.82) is 0 Å². The van der Waals surface area contributed by atoms with Gasteiger partial charge in [0.15, 0.2) is 0 Å². The van der Waals surface area contributed by atoms with Gasteiger partial charge in [-0.2, -0.15) is 0 Å². The predicted octanol–water partition coefficient (Wildman–Crippen LogP) is 0.489. The van der Waals surface area contributed by atoms with Crippen LogP contribution in [0, 0.1) is 5.41 Å². The summed E-state index contributed by atoms with van der Waals surface area (Å²) in [6.07, 6.45) is 1.79. The molecule has 1 aliphatic carbocycles. The third kappa shape index (κ3) is 1.69. The van der Waals surface area contributed by atoms with E-state index in [0.717, 1.165) is 6.42 Å². The first-order valence-electron chi connectivity index (χ1n) is 5.71. The van der Waals surface area contributed by atoms with Crippen LogP contribution in [-0.2, 0) is 14.3 Å². The molecule has 1 unspecified atom stereocenters. The van der Waals surface area contributed by atoms with Crippen LogP contribution >= 0.6 is 0 Å². The fraction of sp³-hybridized carbons (Fsp3) is 0.818. The van der Waals surface area contributed by atoms with Gasteiger partial charge in [0.2, 0.25) is 5.91 Å². The van der Waals surface area contributed by atoms with Gasteiger partial charge in [0.05, 0.1) is 12.7 Å². The molecule has 1 saturated heterocycles. The standard InChI is InChI=1S/C11H17NO4/c1-8-7-12(5-6-16-8)9(13)11(10(14)15)3-2-4-11/h8H,2-7H2,1H3,(H,14,15). The molecule has 1 N–H and O–H groups in total. The first-order valence-corrected chi connectivity index (χ1v) is 5.71. The Labute approximate surface area is 94.4 Å². The molecule has 0 aromatic rings. The maximum absolute atomic E-state index is 12.2. The highest BCUT2D eigenvalue weighted by Gasteiger charge is 2.53. The third-order valence-corrected chi connectivity index (χ3v) is 3.55. The minimum Gasteiger partial charge on any atom is -0.480 e. The number of nitrogens with zero attached hydrogens (tertiary/aromatic N) is 1. The number of carbonyl (C=O) groups excluding carboxylic acids is 1. The van der Waals surface area contributed by atoms with E-state index in [4.69, 9.17) is 4.74 Å². The molecular weight excluding hydrogens is 210 g/mol. The summed E-state index contributed by atoms with van der Waals surface area (Å²) < 4.78 is 5.34. The third-order valence-electron chi connectivity index (χ3n) is 3.55. The van der Waals surface area contributed by atoms with Crippen molar-refractivity contribution in [3.63, 3.8) is 0 Å². The van der Waals surface area contributed by atoms with E-state index < -0.39 is 11.4 Å². The van der Waals surface area contributed by atoms with E-state index in [1.807, 2.05) is 6.92 Å². The lowest BCUT2D eigenvalue weighted by Gasteiger charge is -2.42. The molecule has 5 heteroatoms. The zero-order chi connectivity index (χ0) is 11.8. The van der Waals surface area contributed by atoms with Gasteiger partial charge in [-0.15, -0.1) is 0 Å². The SMILES string of the molecule is CC1CN(C(=O)C2(C(=O)O)CCC2)CCO1. The van der Waals surface area contributed by atoms with Gasteiger partial charge < -0.3 is 14.7 Å². The molecule has 0 aromatic heterocycles. The fourth-order valence-corrected chi connectivity index (χ4v) is 2.36. The summed E-state index contributed by atoms with van der Waals surface area (Å²) in [5.41, 5.74) is -1.13. The van der Waals surface area contributed by atoms with Gasteiger partial charge in [0.25, 0.3) is 0 Å². The van der Waals surface area contributed by atoms with Crippen LogP contribution in [-0.4, -0.2) is 47.7 Å². The molecule has 0 radical (unpaired) electrons. The summed E-state index contributed by atoms with van der Waals surface area (Å²) in [7, 11) is 0. The second-order valence-electron chi connectivity index (χ2n) is 4.67. The molecule has 0 bridgehead atoms. The maximum Gasteiger partial charge on any atom is 0.319 e. The van der Waals surface area contributed by atoms with Gasteiger partial charge >= 0.3 is 5.97 Å². The minimum atomic E-state index is -1.13. The van der Waals surface area contributed by atoms with E-state index in [-0.39, 0.29) is 12.0 Å². The van der Waals surface area contributed by atoms with Crippen molar-refractivity contribution in [2.75, 3.05) is 19.7 Å². The Morgan fingerprint density at radius 3 is 2.56 bits per heavy atom. The van der Waals surface area contributed by atoms with Gasteiger partial charge in [0, 0.05) is 13.1 Å². The number of carbonyl (C=O) groups is 2. The number of rotatable bonds is 2. The molecule has 16 heavy (non-hydrogen) atoms. The van der Waals surface area contributed by atoms with Crippen LogP contribution in [0.3, 0.4) is 0 Å². The molecule has 1 amide bonds. The predicted molar refractivity (Wildman–Crippen MR) is 55.9 cm³/mol. The number of aliphatic carboxylic acids is 1. The van der Waals surface area contributed by atoms with Crippen LogP contribution < -0.4 is 0 Å². The quantitative estimate of drug-likeness (QED) is 0.697. The monoisotopic (exact) mass is 227 g/mol. The Bertz CT molecular complexity index is 311. The van der Waals surface area contributed by atoms with Crippen molar-refractivity contribution < 1.29 is 19.4 Å². The van der Waals surface area contributed by atoms with Crippen LogP contribution in [0.15, 0.2) is 0 Å². The highest BCUT2D eigenvalue weighted by atomic mass is 16.5. The molecule has 1 heterocycles. The summed E-state index contributed by atoms with van der Waals surface area (Å²) in [4.78, 5) is 25.0. The number of amides is 1. The first-order chi connectivity index (χ1) is 7.56. The zero-order valence-corrected chi connectivity index (χ0v) is 9.44. The van der Waals surface area contributed by atoms with E-state index in [0.29, 0.717) is 32.5 Å². The summed E-state index contributed by atoms with van der Waals surface area (Å²) in [6, 6.07) is 0. The summed E-state index contributed by atoms with van der Waals surface area (Å²) in [5, 5.41) is 9.17. The van der Waals surface area contributed by atoms with Crippen LogP contribution in [0.5, 0.6) is 0 Å². The smallest absolute Gasteiger partial charge is 0.319 e. The second kappa shape index (κ2) is 4.05. The summed E-state index contributed by atoms with van der Waals surface area (Å²) >= 11 is 0. The van der Waals surface area contributed by atoms with Crippen LogP contribution in [0.1, 0.15) is 26.2 Å². The van der Waals surface area contributed by atoms with Gasteiger partial charge in [0.1, 0.15) is 5.41 Å². The van der Waals surface area contributed by atoms with Crippen molar-refractivity contribution in [3.8, 4) is 0 Å². The molecule has 2 aliphatic rings. The summed E-state index contributed by atoms with van der Waals surface area (Å²) in [5.74, 6) is -1.19. The minimum absolute atomic E-state index is 0.00335. The number of hydrogen-bond donors (Lipinski definition) is 1. The molecule has 5 nitrogen and oxygen atoms in total. The van der Waals surface area contributed by atoms with Crippen molar-refractivity contribution >= 4 is 11.9 Å². The van der Waals surface area contributed by atoms with E-state index in [1.165, 1.54) is 0 Å². The lowest BCUT2D eigenvalue weighted by Crippen LogP contribution is -2.56. The highest BCUT2D eigenvalue weighted by molar-refractivity contribution is 6.02. The van der Waals surface area contributed by atoms with Crippen LogP contribution in [0.4, 0.5) is 0 Å². The van der Waals surface area contributed by atoms with Gasteiger partial charge in [-0.05, 0) is 19.8 Å². The van der Waals surface area contributed by atoms with Crippen molar-refractivity contribution in [3.05, 3.63) is 0 Å². The van der Waals surface area contributed by atoms with E-state index in [2.05, 4.69) is 0 Å².